The maximum absolute atomic E-state index is 12.9. The van der Waals surface area contributed by atoms with Crippen LogP contribution < -0.4 is 0 Å². The number of carbonyl (C=O) groups is 6. The number of carbonyl (C=O) groups excluding carboxylic acids is 6. The van der Waals surface area contributed by atoms with Crippen LogP contribution in [0.3, 0.4) is 0 Å². The average Bonchev–Trinajstić information content (AvgIpc) is 3.16. The maximum atomic E-state index is 12.9. The van der Waals surface area contributed by atoms with Crippen LogP contribution in [0, 0.1) is 10.8 Å². The molecule has 0 aromatic heterocycles. The Morgan fingerprint density at radius 3 is 0.593 bits per heavy atom. The van der Waals surface area contributed by atoms with E-state index in [1.807, 2.05) is 83.1 Å². The van der Waals surface area contributed by atoms with E-state index in [0.717, 1.165) is 0 Å². The van der Waals surface area contributed by atoms with E-state index in [-0.39, 0.29) is 119 Å². The van der Waals surface area contributed by atoms with E-state index in [9.17, 15) is 28.8 Å². The van der Waals surface area contributed by atoms with Gasteiger partial charge in [-0.2, -0.15) is 0 Å². The van der Waals surface area contributed by atoms with Crippen molar-refractivity contribution in [1.82, 2.24) is 0 Å². The topological polar surface area (TPSA) is 167 Å². The lowest BCUT2D eigenvalue weighted by Gasteiger charge is -2.35. The summed E-state index contributed by atoms with van der Waals surface area (Å²) in [5, 5.41) is 0.982. The van der Waals surface area contributed by atoms with Gasteiger partial charge in [-0.25, -0.2) is 0 Å². The van der Waals surface area contributed by atoms with Crippen molar-refractivity contribution in [3.8, 4) is 0 Å². The molecule has 0 aliphatic carbocycles. The van der Waals surface area contributed by atoms with Gasteiger partial charge in [-0.15, -0.1) is 70.6 Å². The Hall–Kier alpha value is -1.12. The highest BCUT2D eigenvalue weighted by atomic mass is 32.2. The predicted molar refractivity (Wildman–Crippen MR) is 247 cm³/mol. The molecule has 0 saturated carbocycles. The quantitative estimate of drug-likeness (QED) is 0.0474. The average molecular weight is 951 g/mol. The van der Waals surface area contributed by atoms with Crippen LogP contribution in [-0.2, 0) is 61.9 Å². The molecule has 0 bridgehead atoms. The van der Waals surface area contributed by atoms with Crippen molar-refractivity contribution >= 4 is 106 Å². The number of hydrogen-bond acceptors (Lipinski definition) is 19. The minimum Gasteiger partial charge on any atom is -0.464 e. The molecule has 0 amide bonds. The van der Waals surface area contributed by atoms with E-state index in [4.69, 9.17) is 33.2 Å². The van der Waals surface area contributed by atoms with Crippen molar-refractivity contribution in [1.29, 1.82) is 0 Å². The Morgan fingerprint density at radius 2 is 0.458 bits per heavy atom. The first-order valence-corrected chi connectivity index (χ1v) is 26.1. The number of ether oxygens (including phenoxy) is 7. The van der Waals surface area contributed by atoms with Gasteiger partial charge in [-0.3, -0.25) is 28.8 Å². The molecule has 0 rings (SSSR count). The van der Waals surface area contributed by atoms with E-state index in [2.05, 4.69) is 0 Å². The fourth-order valence-electron chi connectivity index (χ4n) is 4.04. The molecule has 0 atom stereocenters. The second-order valence-corrected chi connectivity index (χ2v) is 25.0. The first-order chi connectivity index (χ1) is 27.6. The van der Waals surface area contributed by atoms with Crippen molar-refractivity contribution in [2.75, 3.05) is 87.4 Å². The zero-order chi connectivity index (χ0) is 45.0. The second-order valence-electron chi connectivity index (χ2n) is 15.6. The highest BCUT2D eigenvalue weighted by Gasteiger charge is 2.41. The Bertz CT molecular complexity index is 1020. The molecular weight excluding hydrogens is 881 g/mol. The van der Waals surface area contributed by atoms with Crippen LogP contribution in [0.1, 0.15) is 83.1 Å². The zero-order valence-corrected chi connectivity index (χ0v) is 42.0. The molecule has 344 valence electrons. The summed E-state index contributed by atoms with van der Waals surface area (Å²) in [4.78, 5) is 77.6. The summed E-state index contributed by atoms with van der Waals surface area (Å²) in [5.74, 6) is -2.73. The molecule has 0 aromatic rings. The van der Waals surface area contributed by atoms with Crippen LogP contribution >= 0.6 is 70.6 Å². The number of hydrogen-bond donors (Lipinski definition) is 0. The molecule has 0 N–H and O–H groups in total. The number of rotatable bonds is 34. The number of thioether (sulfide) groups is 6. The van der Waals surface area contributed by atoms with Crippen molar-refractivity contribution in [3.05, 3.63) is 0 Å². The predicted octanol–water partition coefficient (Wildman–Crippen LogP) is 7.08. The monoisotopic (exact) mass is 950 g/mol. The molecule has 59 heavy (non-hydrogen) atoms. The Labute approximate surface area is 378 Å². The molecule has 0 unspecified atom stereocenters. The van der Waals surface area contributed by atoms with Gasteiger partial charge in [0.15, 0.2) is 0 Å². The SMILES string of the molecule is CC(C)SCC(=O)OCC(COCC(COC(=O)CSC(C)C)(COC(=O)CSC(C)C)COC(=O)CSC(C)C)(COC(=O)CSC(C)C)COC(=O)CSC(C)C. The first kappa shape index (κ1) is 57.9. The largest absolute Gasteiger partial charge is 0.464 e. The minimum atomic E-state index is -1.39. The van der Waals surface area contributed by atoms with Gasteiger partial charge < -0.3 is 33.2 Å². The molecule has 19 heteroatoms. The van der Waals surface area contributed by atoms with Gasteiger partial charge >= 0.3 is 35.8 Å². The van der Waals surface area contributed by atoms with Gasteiger partial charge in [0.05, 0.1) is 58.6 Å². The van der Waals surface area contributed by atoms with E-state index >= 15 is 0 Å². The van der Waals surface area contributed by atoms with E-state index in [0.29, 0.717) is 0 Å². The summed E-state index contributed by atoms with van der Waals surface area (Å²) in [6.07, 6.45) is 0. The smallest absolute Gasteiger partial charge is 0.315 e. The third kappa shape index (κ3) is 32.3. The summed E-state index contributed by atoms with van der Waals surface area (Å²) in [6, 6.07) is 0. The third-order valence-electron chi connectivity index (χ3n) is 7.26. The van der Waals surface area contributed by atoms with Crippen molar-refractivity contribution in [2.45, 2.75) is 115 Å². The van der Waals surface area contributed by atoms with Crippen LogP contribution in [0.25, 0.3) is 0 Å². The lowest BCUT2D eigenvalue weighted by Crippen LogP contribution is -2.47. The highest BCUT2D eigenvalue weighted by molar-refractivity contribution is 8.01. The van der Waals surface area contributed by atoms with Crippen LogP contribution in [0.2, 0.25) is 0 Å². The second kappa shape index (κ2) is 32.5. The summed E-state index contributed by atoms with van der Waals surface area (Å²) >= 11 is 8.36. The molecule has 0 aliphatic rings. The molecule has 0 fully saturated rings. The molecule has 0 heterocycles. The molecule has 0 radical (unpaired) electrons. The minimum absolute atomic E-state index is 0.0642. The fourth-order valence-corrected chi connectivity index (χ4v) is 7.36. The Balaban J connectivity index is 6.89. The molecule has 0 aromatic carbocycles. The van der Waals surface area contributed by atoms with Crippen LogP contribution in [-0.4, -0.2) is 155 Å². The fraction of sp³-hybridized carbons (Fsp3) is 0.850. The maximum Gasteiger partial charge on any atom is 0.315 e. The van der Waals surface area contributed by atoms with Crippen LogP contribution in [0.15, 0.2) is 0 Å². The van der Waals surface area contributed by atoms with Gasteiger partial charge in [0.2, 0.25) is 0 Å². The number of esters is 6. The summed E-state index contributed by atoms with van der Waals surface area (Å²) < 4.78 is 40.7. The van der Waals surface area contributed by atoms with Gasteiger partial charge in [-0.05, 0) is 31.5 Å². The molecular formula is C40H70O13S6. The molecule has 13 nitrogen and oxygen atoms in total. The first-order valence-electron chi connectivity index (χ1n) is 19.8. The molecule has 0 saturated heterocycles. The van der Waals surface area contributed by atoms with Crippen molar-refractivity contribution in [3.63, 3.8) is 0 Å². The van der Waals surface area contributed by atoms with Crippen molar-refractivity contribution < 1.29 is 61.9 Å². The van der Waals surface area contributed by atoms with Crippen molar-refractivity contribution in [2.24, 2.45) is 10.8 Å². The normalized spacial score (nSPS) is 12.1. The lowest BCUT2D eigenvalue weighted by atomic mass is 9.90. The zero-order valence-electron chi connectivity index (χ0n) is 37.1. The van der Waals surface area contributed by atoms with Gasteiger partial charge in [0.1, 0.15) is 39.6 Å². The van der Waals surface area contributed by atoms with E-state index < -0.39 is 46.6 Å². The summed E-state index contributed by atoms with van der Waals surface area (Å²) in [5.41, 5.74) is -2.78. The van der Waals surface area contributed by atoms with Gasteiger partial charge in [0.25, 0.3) is 0 Å². The van der Waals surface area contributed by atoms with Crippen LogP contribution in [0.4, 0.5) is 0 Å². The summed E-state index contributed by atoms with van der Waals surface area (Å²) in [7, 11) is 0. The molecule has 0 aliphatic heterocycles. The van der Waals surface area contributed by atoms with E-state index in [1.165, 1.54) is 70.6 Å². The lowest BCUT2D eigenvalue weighted by molar-refractivity contribution is -0.172. The van der Waals surface area contributed by atoms with Crippen LogP contribution in [0.5, 0.6) is 0 Å². The standard InChI is InChI=1S/C40H70O13S6/c1-27(2)54-13-33(41)48-21-39(22-49-34(42)14-55-28(3)4,23-50-35(43)15-56-29(5)6)19-47-20-40(24-51-36(44)16-57-30(7)8,25-52-37(45)17-58-31(9)10)26-53-38(46)18-59-32(11)12/h27-32H,13-26H2,1-12H3. The summed E-state index contributed by atoms with van der Waals surface area (Å²) in [6.45, 7) is 20.8. The van der Waals surface area contributed by atoms with Gasteiger partial charge in [0, 0.05) is 0 Å². The Morgan fingerprint density at radius 1 is 0.305 bits per heavy atom. The highest BCUT2D eigenvalue weighted by Crippen LogP contribution is 2.28. The molecule has 0 spiro atoms. The van der Waals surface area contributed by atoms with E-state index in [1.54, 1.807) is 0 Å². The third-order valence-corrected chi connectivity index (χ3v) is 13.7. The van der Waals surface area contributed by atoms with Gasteiger partial charge in [-0.1, -0.05) is 83.1 Å². The Kier molecular flexibility index (Phi) is 31.9.